The minimum absolute atomic E-state index is 0.0926. The second-order valence-corrected chi connectivity index (χ2v) is 10.4. The Balaban J connectivity index is 1.28. The lowest BCUT2D eigenvalue weighted by molar-refractivity contribution is -0.138. The molecule has 1 aliphatic heterocycles. The highest BCUT2D eigenvalue weighted by molar-refractivity contribution is 6.04. The number of carbonyl (C=O) groups is 3. The predicted molar refractivity (Wildman–Crippen MR) is 159 cm³/mol. The Hall–Kier alpha value is -4.97. The third-order valence-corrected chi connectivity index (χ3v) is 7.22. The summed E-state index contributed by atoms with van der Waals surface area (Å²) >= 11 is 0. The maximum Gasteiger partial charge on any atom is 0.276 e. The SMILES string of the molecule is COc1ccc(-c2ccnc3cc(C(=O)Nc4ccc(C(=O)NC(C(=O)N5CCOCC5)C(C)C)cc4)nn23)cc1OC. The van der Waals surface area contributed by atoms with E-state index in [1.807, 2.05) is 26.0 Å². The molecular weight excluding hydrogens is 552 g/mol. The van der Waals surface area contributed by atoms with Crippen molar-refractivity contribution in [1.82, 2.24) is 24.8 Å². The van der Waals surface area contributed by atoms with E-state index in [4.69, 9.17) is 14.2 Å². The van der Waals surface area contributed by atoms with Crippen molar-refractivity contribution < 1.29 is 28.6 Å². The summed E-state index contributed by atoms with van der Waals surface area (Å²) in [5.74, 6) is 0.151. The maximum atomic E-state index is 13.1. The number of ether oxygens (including phenoxy) is 3. The molecule has 12 heteroatoms. The van der Waals surface area contributed by atoms with Gasteiger partial charge in [0.15, 0.2) is 22.8 Å². The molecule has 0 spiro atoms. The molecule has 12 nitrogen and oxygen atoms in total. The van der Waals surface area contributed by atoms with E-state index < -0.39 is 11.9 Å². The van der Waals surface area contributed by atoms with Crippen molar-refractivity contribution in [3.8, 4) is 22.8 Å². The number of carbonyl (C=O) groups excluding carboxylic acids is 3. The largest absolute Gasteiger partial charge is 0.493 e. The van der Waals surface area contributed by atoms with Crippen LogP contribution >= 0.6 is 0 Å². The number of anilines is 1. The van der Waals surface area contributed by atoms with Crippen molar-refractivity contribution in [1.29, 1.82) is 0 Å². The first-order valence-electron chi connectivity index (χ1n) is 13.9. The smallest absolute Gasteiger partial charge is 0.276 e. The molecule has 1 fully saturated rings. The van der Waals surface area contributed by atoms with Crippen molar-refractivity contribution >= 4 is 29.1 Å². The Bertz CT molecular complexity index is 1630. The topological polar surface area (TPSA) is 136 Å². The van der Waals surface area contributed by atoms with E-state index in [0.29, 0.717) is 60.4 Å². The molecule has 2 aromatic heterocycles. The highest BCUT2D eigenvalue weighted by Crippen LogP contribution is 2.32. The molecule has 1 aliphatic rings. The predicted octanol–water partition coefficient (Wildman–Crippen LogP) is 3.28. The molecule has 0 saturated carbocycles. The van der Waals surface area contributed by atoms with Gasteiger partial charge < -0.3 is 29.7 Å². The first-order chi connectivity index (χ1) is 20.8. The molecule has 224 valence electrons. The number of hydrogen-bond acceptors (Lipinski definition) is 8. The van der Waals surface area contributed by atoms with Gasteiger partial charge in [0.05, 0.1) is 33.1 Å². The van der Waals surface area contributed by atoms with Gasteiger partial charge in [-0.25, -0.2) is 9.50 Å². The fourth-order valence-electron chi connectivity index (χ4n) is 4.84. The lowest BCUT2D eigenvalue weighted by Gasteiger charge is -2.32. The van der Waals surface area contributed by atoms with Gasteiger partial charge in [-0.3, -0.25) is 14.4 Å². The minimum Gasteiger partial charge on any atom is -0.493 e. The van der Waals surface area contributed by atoms with Gasteiger partial charge in [0.25, 0.3) is 11.8 Å². The van der Waals surface area contributed by atoms with Crippen LogP contribution in [0.4, 0.5) is 5.69 Å². The fourth-order valence-corrected chi connectivity index (χ4v) is 4.84. The van der Waals surface area contributed by atoms with Gasteiger partial charge in [0, 0.05) is 42.2 Å². The van der Waals surface area contributed by atoms with Crippen LogP contribution in [0.2, 0.25) is 0 Å². The van der Waals surface area contributed by atoms with E-state index in [9.17, 15) is 14.4 Å². The molecule has 0 radical (unpaired) electrons. The van der Waals surface area contributed by atoms with Crippen LogP contribution < -0.4 is 20.1 Å². The Labute approximate surface area is 248 Å². The highest BCUT2D eigenvalue weighted by Gasteiger charge is 2.30. The number of nitrogens with zero attached hydrogens (tertiary/aromatic N) is 4. The van der Waals surface area contributed by atoms with E-state index in [-0.39, 0.29) is 23.4 Å². The summed E-state index contributed by atoms with van der Waals surface area (Å²) in [4.78, 5) is 45.2. The number of fused-ring (bicyclic) bond motifs is 1. The quantitative estimate of drug-likeness (QED) is 0.305. The van der Waals surface area contributed by atoms with Crippen LogP contribution in [0.25, 0.3) is 16.9 Å². The lowest BCUT2D eigenvalue weighted by Crippen LogP contribution is -2.53. The molecule has 2 aromatic carbocycles. The normalized spacial score (nSPS) is 13.9. The standard InChI is InChI=1S/C31H34N6O6/c1-19(2)28(31(40)36-13-15-43-16-14-36)34-29(38)20-5-8-22(9-6-20)33-30(39)23-18-27-32-12-11-24(37(27)35-23)21-7-10-25(41-3)26(17-21)42-4/h5-12,17-19,28H,13-16H2,1-4H3,(H,33,39)(H,34,38). The molecule has 0 bridgehead atoms. The average molecular weight is 587 g/mol. The van der Waals surface area contributed by atoms with Crippen LogP contribution in [0.3, 0.4) is 0 Å². The summed E-state index contributed by atoms with van der Waals surface area (Å²) < 4.78 is 17.7. The molecule has 0 aliphatic carbocycles. The summed E-state index contributed by atoms with van der Waals surface area (Å²) in [6, 6.07) is 14.7. The number of hydrogen-bond donors (Lipinski definition) is 2. The molecular formula is C31H34N6O6. The molecule has 4 aromatic rings. The molecule has 3 amide bonds. The minimum atomic E-state index is -0.655. The van der Waals surface area contributed by atoms with Crippen molar-refractivity contribution in [2.75, 3.05) is 45.8 Å². The van der Waals surface area contributed by atoms with E-state index >= 15 is 0 Å². The van der Waals surface area contributed by atoms with E-state index in [2.05, 4.69) is 20.7 Å². The van der Waals surface area contributed by atoms with Crippen molar-refractivity contribution in [3.63, 3.8) is 0 Å². The van der Waals surface area contributed by atoms with Crippen LogP contribution in [-0.4, -0.2) is 83.8 Å². The van der Waals surface area contributed by atoms with Crippen molar-refractivity contribution in [2.45, 2.75) is 19.9 Å². The molecule has 1 atom stereocenters. The number of morpholine rings is 1. The van der Waals surface area contributed by atoms with Crippen molar-refractivity contribution in [3.05, 3.63) is 72.1 Å². The number of rotatable bonds is 9. The van der Waals surface area contributed by atoms with E-state index in [1.54, 1.807) is 72.3 Å². The monoisotopic (exact) mass is 586 g/mol. The summed E-state index contributed by atoms with van der Waals surface area (Å²) in [7, 11) is 3.13. The van der Waals surface area contributed by atoms with Gasteiger partial charge >= 0.3 is 0 Å². The van der Waals surface area contributed by atoms with Crippen LogP contribution in [0.1, 0.15) is 34.7 Å². The summed E-state index contributed by atoms with van der Waals surface area (Å²) in [6.07, 6.45) is 1.65. The maximum absolute atomic E-state index is 13.1. The highest BCUT2D eigenvalue weighted by atomic mass is 16.5. The number of amides is 3. The Kier molecular flexibility index (Phi) is 8.86. The van der Waals surface area contributed by atoms with E-state index in [1.165, 1.54) is 0 Å². The van der Waals surface area contributed by atoms with Crippen LogP contribution in [0.15, 0.2) is 60.8 Å². The summed E-state index contributed by atoms with van der Waals surface area (Å²) in [5, 5.41) is 10.2. The second kappa shape index (κ2) is 12.9. The Morgan fingerprint density at radius 3 is 2.30 bits per heavy atom. The molecule has 5 rings (SSSR count). The number of methoxy groups -OCH3 is 2. The first-order valence-corrected chi connectivity index (χ1v) is 13.9. The van der Waals surface area contributed by atoms with Crippen LogP contribution in [0, 0.1) is 5.92 Å². The number of benzene rings is 2. The third kappa shape index (κ3) is 6.44. The van der Waals surface area contributed by atoms with Crippen LogP contribution in [-0.2, 0) is 9.53 Å². The fraction of sp³-hybridized carbons (Fsp3) is 0.323. The lowest BCUT2D eigenvalue weighted by atomic mass is 10.0. The summed E-state index contributed by atoms with van der Waals surface area (Å²) in [5.41, 5.74) is 3.04. The number of nitrogens with one attached hydrogen (secondary N) is 2. The average Bonchev–Trinajstić information content (AvgIpc) is 3.48. The zero-order valence-corrected chi connectivity index (χ0v) is 24.5. The zero-order valence-electron chi connectivity index (χ0n) is 24.5. The Morgan fingerprint density at radius 1 is 0.907 bits per heavy atom. The zero-order chi connectivity index (χ0) is 30.5. The van der Waals surface area contributed by atoms with Crippen molar-refractivity contribution in [2.24, 2.45) is 5.92 Å². The van der Waals surface area contributed by atoms with Gasteiger partial charge in [-0.2, -0.15) is 5.10 Å². The first kappa shape index (κ1) is 29.5. The number of aromatic nitrogens is 3. The molecule has 1 unspecified atom stereocenters. The summed E-state index contributed by atoms with van der Waals surface area (Å²) in [6.45, 7) is 5.78. The molecule has 2 N–H and O–H groups in total. The van der Waals surface area contributed by atoms with Gasteiger partial charge in [-0.1, -0.05) is 13.8 Å². The molecule has 3 heterocycles. The molecule has 43 heavy (non-hydrogen) atoms. The Morgan fingerprint density at radius 2 is 1.63 bits per heavy atom. The van der Waals surface area contributed by atoms with Gasteiger partial charge in [-0.15, -0.1) is 0 Å². The second-order valence-electron chi connectivity index (χ2n) is 10.4. The third-order valence-electron chi connectivity index (χ3n) is 7.22. The molecule has 1 saturated heterocycles. The van der Waals surface area contributed by atoms with Gasteiger partial charge in [0.2, 0.25) is 5.91 Å². The van der Waals surface area contributed by atoms with Gasteiger partial charge in [-0.05, 0) is 54.4 Å². The van der Waals surface area contributed by atoms with Gasteiger partial charge in [0.1, 0.15) is 6.04 Å². The van der Waals surface area contributed by atoms with Crippen LogP contribution in [0.5, 0.6) is 11.5 Å². The van der Waals surface area contributed by atoms with E-state index in [0.717, 1.165) is 5.56 Å².